The van der Waals surface area contributed by atoms with Crippen LogP contribution >= 0.6 is 34.8 Å². The standard InChI is InChI=1S/C36H38Cl3N3O4S/c1-5-26(4)40-36(44)34(20-27-9-7-6-8-10-27)41(22-28-13-14-30(38)21-32(28)39)35(43)23-42(33-18-15-29(37)19-25(33)3)47(45,46)31-16-11-24(2)12-17-31/h6-19,21,26,34H,5,20,22-23H2,1-4H3,(H,40,44)/t26-,34-/m1/s1. The molecule has 0 aromatic heterocycles. The number of aryl methyl sites for hydroxylation is 2. The van der Waals surface area contributed by atoms with Crippen LogP contribution in [0, 0.1) is 13.8 Å². The minimum Gasteiger partial charge on any atom is -0.352 e. The van der Waals surface area contributed by atoms with Crippen LogP contribution in [0.5, 0.6) is 0 Å². The molecule has 47 heavy (non-hydrogen) atoms. The number of amides is 2. The average Bonchev–Trinajstić information content (AvgIpc) is 3.03. The van der Waals surface area contributed by atoms with Gasteiger partial charge in [0, 0.05) is 34.1 Å². The number of carbonyl (C=O) groups is 2. The second-order valence-corrected chi connectivity index (χ2v) is 14.7. The smallest absolute Gasteiger partial charge is 0.264 e. The van der Waals surface area contributed by atoms with Gasteiger partial charge in [0.15, 0.2) is 0 Å². The van der Waals surface area contributed by atoms with Gasteiger partial charge in [-0.2, -0.15) is 0 Å². The summed E-state index contributed by atoms with van der Waals surface area (Å²) >= 11 is 19.0. The van der Waals surface area contributed by atoms with Crippen LogP contribution < -0.4 is 9.62 Å². The first-order valence-electron chi connectivity index (χ1n) is 15.2. The van der Waals surface area contributed by atoms with E-state index in [-0.39, 0.29) is 35.5 Å². The molecule has 0 spiro atoms. The Balaban J connectivity index is 1.85. The lowest BCUT2D eigenvalue weighted by Gasteiger charge is -2.34. The van der Waals surface area contributed by atoms with E-state index in [2.05, 4.69) is 5.32 Å². The van der Waals surface area contributed by atoms with E-state index < -0.39 is 28.5 Å². The Kier molecular flexibility index (Phi) is 12.4. The highest BCUT2D eigenvalue weighted by Crippen LogP contribution is 2.30. The second kappa shape index (κ2) is 16.0. The van der Waals surface area contributed by atoms with Gasteiger partial charge in [-0.3, -0.25) is 13.9 Å². The highest BCUT2D eigenvalue weighted by molar-refractivity contribution is 7.92. The molecule has 0 saturated heterocycles. The average molecular weight is 715 g/mol. The zero-order chi connectivity index (χ0) is 34.3. The summed E-state index contributed by atoms with van der Waals surface area (Å²) in [4.78, 5) is 30.1. The number of nitrogens with one attached hydrogen (secondary N) is 1. The molecule has 4 aromatic rings. The van der Waals surface area contributed by atoms with E-state index in [1.165, 1.54) is 17.0 Å². The van der Waals surface area contributed by atoms with E-state index in [1.807, 2.05) is 51.1 Å². The predicted molar refractivity (Wildman–Crippen MR) is 191 cm³/mol. The number of halogens is 3. The third-order valence-electron chi connectivity index (χ3n) is 7.94. The number of sulfonamides is 1. The van der Waals surface area contributed by atoms with E-state index in [9.17, 15) is 18.0 Å². The summed E-state index contributed by atoms with van der Waals surface area (Å²) in [6.45, 7) is 6.77. The minimum absolute atomic E-state index is 0.0212. The molecule has 0 saturated carbocycles. The molecular weight excluding hydrogens is 677 g/mol. The lowest BCUT2D eigenvalue weighted by atomic mass is 10.0. The van der Waals surface area contributed by atoms with Gasteiger partial charge in [0.2, 0.25) is 11.8 Å². The third kappa shape index (κ3) is 9.29. The Bertz CT molecular complexity index is 1820. The van der Waals surface area contributed by atoms with Crippen LogP contribution in [0.4, 0.5) is 5.69 Å². The molecule has 11 heteroatoms. The molecule has 1 N–H and O–H groups in total. The van der Waals surface area contributed by atoms with Gasteiger partial charge in [0.05, 0.1) is 10.6 Å². The first kappa shape index (κ1) is 36.3. The molecule has 248 valence electrons. The van der Waals surface area contributed by atoms with Crippen LogP contribution in [0.1, 0.15) is 42.5 Å². The molecule has 0 heterocycles. The molecule has 0 aliphatic heterocycles. The SMILES string of the molecule is CC[C@@H](C)NC(=O)[C@@H](Cc1ccccc1)N(Cc1ccc(Cl)cc1Cl)C(=O)CN(c1ccc(Cl)cc1C)S(=O)(=O)c1ccc(C)cc1. The lowest BCUT2D eigenvalue weighted by Crippen LogP contribution is -2.54. The first-order valence-corrected chi connectivity index (χ1v) is 17.8. The van der Waals surface area contributed by atoms with Crippen molar-refractivity contribution in [1.29, 1.82) is 0 Å². The topological polar surface area (TPSA) is 86.8 Å². The van der Waals surface area contributed by atoms with Gasteiger partial charge in [-0.05, 0) is 86.3 Å². The fourth-order valence-corrected chi connectivity index (χ4v) is 7.25. The van der Waals surface area contributed by atoms with E-state index in [0.717, 1.165) is 15.4 Å². The van der Waals surface area contributed by atoms with Gasteiger partial charge in [0.1, 0.15) is 12.6 Å². The Hall–Kier alpha value is -3.56. The van der Waals surface area contributed by atoms with Crippen molar-refractivity contribution >= 4 is 62.3 Å². The van der Waals surface area contributed by atoms with Crippen molar-refractivity contribution in [2.45, 2.75) is 64.1 Å². The molecule has 4 aromatic carbocycles. The van der Waals surface area contributed by atoms with Crippen molar-refractivity contribution in [3.05, 3.63) is 128 Å². The van der Waals surface area contributed by atoms with Crippen LogP contribution in [-0.4, -0.2) is 43.8 Å². The molecule has 0 radical (unpaired) electrons. The molecule has 0 fully saturated rings. The maximum absolute atomic E-state index is 14.7. The number of benzene rings is 4. The van der Waals surface area contributed by atoms with Gasteiger partial charge in [0.25, 0.3) is 10.0 Å². The van der Waals surface area contributed by atoms with Crippen molar-refractivity contribution in [1.82, 2.24) is 10.2 Å². The molecule has 0 unspecified atom stereocenters. The Morgan fingerprint density at radius 3 is 2.11 bits per heavy atom. The normalized spacial score (nSPS) is 12.7. The summed E-state index contributed by atoms with van der Waals surface area (Å²) in [5.41, 5.74) is 3.11. The van der Waals surface area contributed by atoms with Crippen LogP contribution in [0.15, 0.2) is 95.9 Å². The van der Waals surface area contributed by atoms with E-state index >= 15 is 0 Å². The third-order valence-corrected chi connectivity index (χ3v) is 10.5. The van der Waals surface area contributed by atoms with E-state index in [1.54, 1.807) is 55.5 Å². The fourth-order valence-electron chi connectivity index (χ4n) is 5.08. The molecule has 0 aliphatic rings. The molecule has 2 amide bonds. The van der Waals surface area contributed by atoms with Crippen LogP contribution in [0.25, 0.3) is 0 Å². The minimum atomic E-state index is -4.25. The van der Waals surface area contributed by atoms with Crippen LogP contribution in [0.3, 0.4) is 0 Å². The van der Waals surface area contributed by atoms with E-state index in [0.29, 0.717) is 32.6 Å². The highest BCUT2D eigenvalue weighted by atomic mass is 35.5. The maximum atomic E-state index is 14.7. The zero-order valence-electron chi connectivity index (χ0n) is 26.7. The van der Waals surface area contributed by atoms with Crippen molar-refractivity contribution in [2.75, 3.05) is 10.8 Å². The molecule has 4 rings (SSSR count). The number of anilines is 1. The summed E-state index contributed by atoms with van der Waals surface area (Å²) in [5.74, 6) is -0.960. The molecule has 7 nitrogen and oxygen atoms in total. The molecule has 0 bridgehead atoms. The predicted octanol–water partition coefficient (Wildman–Crippen LogP) is 8.01. The molecule has 0 aliphatic carbocycles. The monoisotopic (exact) mass is 713 g/mol. The number of carbonyl (C=O) groups excluding carboxylic acids is 2. The quantitative estimate of drug-likeness (QED) is 0.152. The van der Waals surface area contributed by atoms with Crippen molar-refractivity contribution in [3.8, 4) is 0 Å². The number of nitrogens with zero attached hydrogens (tertiary/aromatic N) is 2. The van der Waals surface area contributed by atoms with Gasteiger partial charge in [-0.1, -0.05) is 95.8 Å². The van der Waals surface area contributed by atoms with Crippen molar-refractivity contribution in [3.63, 3.8) is 0 Å². The summed E-state index contributed by atoms with van der Waals surface area (Å²) < 4.78 is 29.6. The summed E-state index contributed by atoms with van der Waals surface area (Å²) in [6.07, 6.45) is 0.865. The second-order valence-electron chi connectivity index (χ2n) is 11.5. The van der Waals surface area contributed by atoms with Gasteiger partial charge in [-0.15, -0.1) is 0 Å². The van der Waals surface area contributed by atoms with Crippen LogP contribution in [-0.2, 0) is 32.6 Å². The van der Waals surface area contributed by atoms with Crippen LogP contribution in [0.2, 0.25) is 15.1 Å². The Morgan fingerprint density at radius 1 is 0.851 bits per heavy atom. The summed E-state index contributed by atoms with van der Waals surface area (Å²) in [7, 11) is -4.25. The molecule has 2 atom stereocenters. The highest BCUT2D eigenvalue weighted by Gasteiger charge is 2.35. The van der Waals surface area contributed by atoms with Crippen molar-refractivity contribution < 1.29 is 18.0 Å². The maximum Gasteiger partial charge on any atom is 0.264 e. The largest absolute Gasteiger partial charge is 0.352 e. The number of hydrogen-bond acceptors (Lipinski definition) is 4. The van der Waals surface area contributed by atoms with Gasteiger partial charge < -0.3 is 10.2 Å². The summed E-state index contributed by atoms with van der Waals surface area (Å²) in [5, 5.41) is 4.18. The Morgan fingerprint density at radius 2 is 1.49 bits per heavy atom. The fraction of sp³-hybridized carbons (Fsp3) is 0.278. The first-order chi connectivity index (χ1) is 22.3. The summed E-state index contributed by atoms with van der Waals surface area (Å²) in [6, 6.07) is 24.3. The van der Waals surface area contributed by atoms with Gasteiger partial charge in [-0.25, -0.2) is 8.42 Å². The molecular formula is C36H38Cl3N3O4S. The lowest BCUT2D eigenvalue weighted by molar-refractivity contribution is -0.140. The van der Waals surface area contributed by atoms with Gasteiger partial charge >= 0.3 is 0 Å². The Labute approximate surface area is 292 Å². The van der Waals surface area contributed by atoms with E-state index in [4.69, 9.17) is 34.8 Å². The van der Waals surface area contributed by atoms with Crippen molar-refractivity contribution in [2.24, 2.45) is 0 Å². The number of hydrogen-bond donors (Lipinski definition) is 1. The zero-order valence-corrected chi connectivity index (χ0v) is 29.8. The number of rotatable bonds is 13.